The molecule has 0 spiro atoms. The van der Waals surface area contributed by atoms with Crippen LogP contribution in [0.5, 0.6) is 0 Å². The molecular formula is C15H23ClO. The van der Waals surface area contributed by atoms with Crippen molar-refractivity contribution in [1.82, 2.24) is 0 Å². The van der Waals surface area contributed by atoms with Gasteiger partial charge in [0.2, 0.25) is 0 Å². The van der Waals surface area contributed by atoms with Crippen molar-refractivity contribution in [3.05, 3.63) is 33.8 Å². The van der Waals surface area contributed by atoms with E-state index in [0.29, 0.717) is 0 Å². The lowest BCUT2D eigenvalue weighted by molar-refractivity contribution is 0.162. The van der Waals surface area contributed by atoms with Crippen molar-refractivity contribution in [2.24, 2.45) is 0 Å². The first kappa shape index (κ1) is 14.5. The summed E-state index contributed by atoms with van der Waals surface area (Å²) in [6, 6.07) is 3.96. The SMILES string of the molecule is CCCCCCC(O)c1cc(C)c(Cl)cc1C. The Bertz CT molecular complexity index is 360. The summed E-state index contributed by atoms with van der Waals surface area (Å²) in [7, 11) is 0. The summed E-state index contributed by atoms with van der Waals surface area (Å²) in [5, 5.41) is 11.0. The highest BCUT2D eigenvalue weighted by atomic mass is 35.5. The molecule has 0 amide bonds. The van der Waals surface area contributed by atoms with Gasteiger partial charge in [0.25, 0.3) is 0 Å². The number of halogens is 1. The molecule has 96 valence electrons. The van der Waals surface area contributed by atoms with Gasteiger partial charge in [-0.1, -0.05) is 50.3 Å². The maximum atomic E-state index is 10.2. The summed E-state index contributed by atoms with van der Waals surface area (Å²) in [5.74, 6) is 0. The maximum absolute atomic E-state index is 10.2. The van der Waals surface area contributed by atoms with Crippen LogP contribution in [0.3, 0.4) is 0 Å². The van der Waals surface area contributed by atoms with Crippen LogP contribution in [0.1, 0.15) is 61.8 Å². The Kier molecular flexibility index (Phi) is 6.01. The Morgan fingerprint density at radius 1 is 1.12 bits per heavy atom. The maximum Gasteiger partial charge on any atom is 0.0792 e. The summed E-state index contributed by atoms with van der Waals surface area (Å²) in [4.78, 5) is 0. The van der Waals surface area contributed by atoms with Gasteiger partial charge in [0.1, 0.15) is 0 Å². The van der Waals surface area contributed by atoms with E-state index in [1.54, 1.807) is 0 Å². The molecule has 0 saturated heterocycles. The Balaban J connectivity index is 2.62. The van der Waals surface area contributed by atoms with Crippen molar-refractivity contribution >= 4 is 11.6 Å². The zero-order chi connectivity index (χ0) is 12.8. The van der Waals surface area contributed by atoms with Crippen molar-refractivity contribution in [2.45, 2.75) is 59.0 Å². The summed E-state index contributed by atoms with van der Waals surface area (Å²) in [6.45, 7) is 6.19. The van der Waals surface area contributed by atoms with E-state index in [0.717, 1.165) is 34.6 Å². The lowest BCUT2D eigenvalue weighted by Crippen LogP contribution is -2.01. The number of rotatable bonds is 6. The fourth-order valence-corrected chi connectivity index (χ4v) is 2.30. The van der Waals surface area contributed by atoms with Gasteiger partial charge in [-0.15, -0.1) is 0 Å². The van der Waals surface area contributed by atoms with Crippen LogP contribution >= 0.6 is 11.6 Å². The minimum atomic E-state index is -0.345. The number of benzene rings is 1. The number of unbranched alkanes of at least 4 members (excludes halogenated alkanes) is 3. The first-order valence-electron chi connectivity index (χ1n) is 6.51. The Morgan fingerprint density at radius 2 is 1.82 bits per heavy atom. The lowest BCUT2D eigenvalue weighted by Gasteiger charge is -2.15. The van der Waals surface area contributed by atoms with Crippen LogP contribution in [0.4, 0.5) is 0 Å². The third-order valence-corrected chi connectivity index (χ3v) is 3.64. The molecule has 0 fully saturated rings. The van der Waals surface area contributed by atoms with Crippen molar-refractivity contribution in [2.75, 3.05) is 0 Å². The number of aliphatic hydroxyl groups is 1. The standard InChI is InChI=1S/C15H23ClO/c1-4-5-6-7-8-15(17)13-9-12(3)14(16)10-11(13)2/h9-10,15,17H,4-8H2,1-3H3. The molecule has 0 heterocycles. The van der Waals surface area contributed by atoms with Gasteiger partial charge >= 0.3 is 0 Å². The molecule has 1 atom stereocenters. The van der Waals surface area contributed by atoms with Crippen LogP contribution in [0.25, 0.3) is 0 Å². The molecule has 0 aliphatic heterocycles. The molecule has 0 saturated carbocycles. The molecule has 1 aromatic carbocycles. The van der Waals surface area contributed by atoms with Gasteiger partial charge in [0.15, 0.2) is 0 Å². The van der Waals surface area contributed by atoms with Crippen LogP contribution < -0.4 is 0 Å². The molecule has 2 heteroatoms. The van der Waals surface area contributed by atoms with Crippen molar-refractivity contribution in [3.8, 4) is 0 Å². The summed E-state index contributed by atoms with van der Waals surface area (Å²) >= 11 is 6.05. The summed E-state index contributed by atoms with van der Waals surface area (Å²) < 4.78 is 0. The first-order valence-corrected chi connectivity index (χ1v) is 6.88. The predicted molar refractivity (Wildman–Crippen MR) is 74.6 cm³/mol. The largest absolute Gasteiger partial charge is 0.388 e. The normalized spacial score (nSPS) is 12.8. The predicted octanol–water partition coefficient (Wildman–Crippen LogP) is 4.96. The average molecular weight is 255 g/mol. The number of aliphatic hydroxyl groups excluding tert-OH is 1. The van der Waals surface area contributed by atoms with Gasteiger partial charge in [-0.2, -0.15) is 0 Å². The molecule has 0 aliphatic carbocycles. The molecule has 1 nitrogen and oxygen atoms in total. The Labute approximate surface area is 110 Å². The zero-order valence-corrected chi connectivity index (χ0v) is 11.8. The van der Waals surface area contributed by atoms with Gasteiger partial charge < -0.3 is 5.11 Å². The van der Waals surface area contributed by atoms with Crippen LogP contribution in [-0.2, 0) is 0 Å². The molecule has 0 aliphatic rings. The molecule has 1 aromatic rings. The molecule has 0 radical (unpaired) electrons. The quantitative estimate of drug-likeness (QED) is 0.712. The second-order valence-corrected chi connectivity index (χ2v) is 5.23. The second-order valence-electron chi connectivity index (χ2n) is 4.82. The topological polar surface area (TPSA) is 20.2 Å². The number of aryl methyl sites for hydroxylation is 2. The molecule has 1 rings (SSSR count). The van der Waals surface area contributed by atoms with Crippen molar-refractivity contribution < 1.29 is 5.11 Å². The Morgan fingerprint density at radius 3 is 2.47 bits per heavy atom. The van der Waals surface area contributed by atoms with Gasteiger partial charge in [-0.05, 0) is 43.0 Å². The van der Waals surface area contributed by atoms with E-state index in [1.807, 2.05) is 26.0 Å². The Hall–Kier alpha value is -0.530. The molecule has 17 heavy (non-hydrogen) atoms. The molecule has 1 unspecified atom stereocenters. The highest BCUT2D eigenvalue weighted by Crippen LogP contribution is 2.27. The van der Waals surface area contributed by atoms with Gasteiger partial charge in [0.05, 0.1) is 6.10 Å². The highest BCUT2D eigenvalue weighted by molar-refractivity contribution is 6.31. The fourth-order valence-electron chi connectivity index (χ4n) is 2.08. The third kappa shape index (κ3) is 4.33. The minimum Gasteiger partial charge on any atom is -0.388 e. The minimum absolute atomic E-state index is 0.345. The van der Waals surface area contributed by atoms with E-state index in [-0.39, 0.29) is 6.10 Å². The third-order valence-electron chi connectivity index (χ3n) is 3.24. The molecular weight excluding hydrogens is 232 g/mol. The summed E-state index contributed by atoms with van der Waals surface area (Å²) in [5.41, 5.74) is 3.16. The first-order chi connectivity index (χ1) is 8.06. The van der Waals surface area contributed by atoms with E-state index in [2.05, 4.69) is 6.92 Å². The molecule has 0 bridgehead atoms. The van der Waals surface area contributed by atoms with Crippen LogP contribution in [0.15, 0.2) is 12.1 Å². The van der Waals surface area contributed by atoms with E-state index >= 15 is 0 Å². The lowest BCUT2D eigenvalue weighted by atomic mass is 9.97. The van der Waals surface area contributed by atoms with E-state index in [4.69, 9.17) is 11.6 Å². The molecule has 0 aromatic heterocycles. The number of hydrogen-bond donors (Lipinski definition) is 1. The number of hydrogen-bond acceptors (Lipinski definition) is 1. The van der Waals surface area contributed by atoms with Crippen molar-refractivity contribution in [3.63, 3.8) is 0 Å². The highest BCUT2D eigenvalue weighted by Gasteiger charge is 2.11. The van der Waals surface area contributed by atoms with Gasteiger partial charge in [0, 0.05) is 5.02 Å². The summed E-state index contributed by atoms with van der Waals surface area (Å²) in [6.07, 6.45) is 5.29. The monoisotopic (exact) mass is 254 g/mol. The fraction of sp³-hybridized carbons (Fsp3) is 0.600. The zero-order valence-electron chi connectivity index (χ0n) is 11.1. The van der Waals surface area contributed by atoms with Gasteiger partial charge in [-0.3, -0.25) is 0 Å². The van der Waals surface area contributed by atoms with E-state index in [1.165, 1.54) is 19.3 Å². The van der Waals surface area contributed by atoms with E-state index in [9.17, 15) is 5.11 Å². The van der Waals surface area contributed by atoms with Crippen LogP contribution in [-0.4, -0.2) is 5.11 Å². The van der Waals surface area contributed by atoms with Gasteiger partial charge in [-0.25, -0.2) is 0 Å². The van der Waals surface area contributed by atoms with E-state index < -0.39 is 0 Å². The van der Waals surface area contributed by atoms with Crippen molar-refractivity contribution in [1.29, 1.82) is 0 Å². The second kappa shape index (κ2) is 7.03. The van der Waals surface area contributed by atoms with Crippen LogP contribution in [0.2, 0.25) is 5.02 Å². The van der Waals surface area contributed by atoms with Crippen LogP contribution in [0, 0.1) is 13.8 Å². The average Bonchev–Trinajstić information content (AvgIpc) is 2.29. The smallest absolute Gasteiger partial charge is 0.0792 e. The molecule has 1 N–H and O–H groups in total.